The number of hydrogen-bond acceptors (Lipinski definition) is 6. The number of ether oxygens (including phenoxy) is 1. The number of barbiturate groups is 1. The van der Waals surface area contributed by atoms with Crippen LogP contribution in [0, 0.1) is 13.8 Å². The van der Waals surface area contributed by atoms with Crippen molar-refractivity contribution in [1.29, 1.82) is 0 Å². The van der Waals surface area contributed by atoms with E-state index in [4.69, 9.17) is 4.74 Å². The molecule has 1 aliphatic rings. The maximum atomic E-state index is 13.2. The van der Waals surface area contributed by atoms with Crippen molar-refractivity contribution in [2.24, 2.45) is 0 Å². The highest BCUT2D eigenvalue weighted by atomic mass is 79.9. The first-order valence-electron chi connectivity index (χ1n) is 11.2. The Morgan fingerprint density at radius 1 is 1.08 bits per heavy atom. The third-order valence-corrected chi connectivity index (χ3v) is 6.82. The molecule has 1 saturated heterocycles. The van der Waals surface area contributed by atoms with E-state index in [1.54, 1.807) is 18.2 Å². The number of hydrogen-bond donors (Lipinski definition) is 3. The van der Waals surface area contributed by atoms with Crippen LogP contribution in [0.15, 0.2) is 69.1 Å². The van der Waals surface area contributed by atoms with Crippen molar-refractivity contribution in [3.63, 3.8) is 0 Å². The summed E-state index contributed by atoms with van der Waals surface area (Å²) in [4.78, 5) is 51.7. The van der Waals surface area contributed by atoms with Crippen LogP contribution in [0.2, 0.25) is 0 Å². The molecule has 5 amide bonds. The number of nitrogens with one attached hydrogen (secondary N) is 2. The highest BCUT2D eigenvalue weighted by molar-refractivity contribution is 9.11. The molecular weight excluding hydrogens is 622 g/mol. The van der Waals surface area contributed by atoms with Gasteiger partial charge in [-0.2, -0.15) is 0 Å². The molecule has 4 rings (SSSR count). The van der Waals surface area contributed by atoms with Crippen molar-refractivity contribution in [1.82, 2.24) is 5.32 Å². The quantitative estimate of drug-likeness (QED) is 0.250. The van der Waals surface area contributed by atoms with Crippen LogP contribution in [0.5, 0.6) is 11.5 Å². The average molecular weight is 643 g/mol. The molecular formula is C27H21Br2N3O6. The fourth-order valence-corrected chi connectivity index (χ4v) is 5.07. The number of carbonyl (C=O) groups excluding carboxylic acids is 4. The molecule has 1 heterocycles. The van der Waals surface area contributed by atoms with Crippen LogP contribution >= 0.6 is 31.9 Å². The molecule has 1 fully saturated rings. The molecule has 0 spiro atoms. The van der Waals surface area contributed by atoms with Gasteiger partial charge in [-0.05, 0) is 89.4 Å². The van der Waals surface area contributed by atoms with Crippen LogP contribution in [0.25, 0.3) is 6.08 Å². The maximum absolute atomic E-state index is 13.2. The fraction of sp³-hybridized carbons (Fsp3) is 0.111. The third kappa shape index (κ3) is 5.79. The maximum Gasteiger partial charge on any atom is 0.335 e. The number of carbonyl (C=O) groups is 4. The van der Waals surface area contributed by atoms with Crippen LogP contribution in [0.1, 0.15) is 16.7 Å². The number of amides is 5. The Morgan fingerprint density at radius 3 is 2.50 bits per heavy atom. The molecule has 0 aliphatic carbocycles. The summed E-state index contributed by atoms with van der Waals surface area (Å²) in [6.45, 7) is 3.50. The van der Waals surface area contributed by atoms with Crippen molar-refractivity contribution in [3.05, 3.63) is 85.8 Å². The molecule has 194 valence electrons. The number of phenols is 1. The van der Waals surface area contributed by atoms with Crippen molar-refractivity contribution in [2.75, 3.05) is 16.8 Å². The van der Waals surface area contributed by atoms with Gasteiger partial charge in [-0.1, -0.05) is 28.1 Å². The minimum Gasteiger partial charge on any atom is -0.508 e. The Hall–Kier alpha value is -3.96. The largest absolute Gasteiger partial charge is 0.508 e. The summed E-state index contributed by atoms with van der Waals surface area (Å²) in [7, 11) is 0. The fourth-order valence-electron chi connectivity index (χ4n) is 3.70. The Balaban J connectivity index is 1.62. The lowest BCUT2D eigenvalue weighted by Gasteiger charge is -2.26. The Kier molecular flexibility index (Phi) is 7.98. The highest BCUT2D eigenvalue weighted by Gasteiger charge is 2.37. The van der Waals surface area contributed by atoms with Gasteiger partial charge in [0.15, 0.2) is 6.61 Å². The van der Waals surface area contributed by atoms with E-state index in [9.17, 15) is 24.3 Å². The van der Waals surface area contributed by atoms with Crippen molar-refractivity contribution in [3.8, 4) is 11.5 Å². The first-order chi connectivity index (χ1) is 18.0. The van der Waals surface area contributed by atoms with Crippen LogP contribution in [0.4, 0.5) is 16.2 Å². The molecule has 11 heteroatoms. The molecule has 1 aliphatic heterocycles. The lowest BCUT2D eigenvalue weighted by Crippen LogP contribution is -2.54. The van der Waals surface area contributed by atoms with Gasteiger partial charge >= 0.3 is 6.03 Å². The summed E-state index contributed by atoms with van der Waals surface area (Å²) in [6, 6.07) is 13.3. The number of nitrogens with zero attached hydrogens (tertiary/aromatic N) is 1. The molecule has 0 saturated carbocycles. The average Bonchev–Trinajstić information content (AvgIpc) is 2.85. The standard InChI is InChI=1S/C27H21Br2N3O6/c1-14-4-3-5-22(15(14)2)30-23(34)13-38-24-16(10-17(28)12-21(24)29)11-20-25(35)31-27(37)32(26(20)36)18-6-8-19(33)9-7-18/h3-12,33H,13H2,1-2H3,(H,30,34)(H,31,35,37)/b20-11-. The van der Waals surface area contributed by atoms with Gasteiger partial charge in [0.2, 0.25) is 0 Å². The van der Waals surface area contributed by atoms with Crippen molar-refractivity contribution in [2.45, 2.75) is 13.8 Å². The first-order valence-corrected chi connectivity index (χ1v) is 12.8. The molecule has 3 aromatic carbocycles. The number of rotatable bonds is 6. The zero-order chi connectivity index (χ0) is 27.6. The number of aryl methyl sites for hydroxylation is 1. The van der Waals surface area contributed by atoms with Crippen LogP contribution < -0.4 is 20.3 Å². The molecule has 0 aromatic heterocycles. The van der Waals surface area contributed by atoms with E-state index in [2.05, 4.69) is 42.5 Å². The van der Waals surface area contributed by atoms with Crippen LogP contribution in [-0.4, -0.2) is 35.5 Å². The first kappa shape index (κ1) is 27.1. The van der Waals surface area contributed by atoms with Crippen LogP contribution in [-0.2, 0) is 14.4 Å². The van der Waals surface area contributed by atoms with E-state index in [1.807, 2.05) is 26.0 Å². The van der Waals surface area contributed by atoms with E-state index >= 15 is 0 Å². The number of anilines is 2. The zero-order valence-electron chi connectivity index (χ0n) is 20.2. The van der Waals surface area contributed by atoms with Gasteiger partial charge < -0.3 is 15.2 Å². The van der Waals surface area contributed by atoms with Gasteiger partial charge in [-0.15, -0.1) is 0 Å². The second kappa shape index (κ2) is 11.2. The smallest absolute Gasteiger partial charge is 0.335 e. The topological polar surface area (TPSA) is 125 Å². The summed E-state index contributed by atoms with van der Waals surface area (Å²) in [5.41, 5.74) is 2.78. The zero-order valence-corrected chi connectivity index (χ0v) is 23.3. The van der Waals surface area contributed by atoms with E-state index < -0.39 is 23.8 Å². The monoisotopic (exact) mass is 641 g/mol. The van der Waals surface area contributed by atoms with E-state index in [-0.39, 0.29) is 29.4 Å². The molecule has 38 heavy (non-hydrogen) atoms. The van der Waals surface area contributed by atoms with Gasteiger partial charge in [-0.25, -0.2) is 9.69 Å². The second-order valence-corrected chi connectivity index (χ2v) is 10.1. The Morgan fingerprint density at radius 2 is 1.79 bits per heavy atom. The number of halogens is 2. The summed E-state index contributed by atoms with van der Waals surface area (Å²) >= 11 is 6.78. The van der Waals surface area contributed by atoms with E-state index in [1.165, 1.54) is 30.3 Å². The van der Waals surface area contributed by atoms with Gasteiger partial charge in [0, 0.05) is 15.7 Å². The van der Waals surface area contributed by atoms with Crippen molar-refractivity contribution < 1.29 is 29.0 Å². The predicted molar refractivity (Wildman–Crippen MR) is 149 cm³/mol. The second-order valence-electron chi connectivity index (χ2n) is 8.36. The van der Waals surface area contributed by atoms with Gasteiger partial charge in [0.1, 0.15) is 17.1 Å². The predicted octanol–water partition coefficient (Wildman–Crippen LogP) is 5.22. The molecule has 3 N–H and O–H groups in total. The molecule has 0 radical (unpaired) electrons. The molecule has 0 unspecified atom stereocenters. The number of imide groups is 2. The van der Waals surface area contributed by atoms with Gasteiger partial charge in [0.25, 0.3) is 17.7 Å². The lowest BCUT2D eigenvalue weighted by molar-refractivity contribution is -0.122. The highest BCUT2D eigenvalue weighted by Crippen LogP contribution is 2.35. The van der Waals surface area contributed by atoms with Gasteiger partial charge in [0.05, 0.1) is 10.2 Å². The number of phenolic OH excluding ortho intramolecular Hbond substituents is 1. The number of aromatic hydroxyl groups is 1. The summed E-state index contributed by atoms with van der Waals surface area (Å²) in [5.74, 6) is -1.98. The molecule has 3 aromatic rings. The molecule has 0 bridgehead atoms. The lowest BCUT2D eigenvalue weighted by atomic mass is 10.1. The van der Waals surface area contributed by atoms with E-state index in [0.29, 0.717) is 20.2 Å². The Labute approximate surface area is 234 Å². The van der Waals surface area contributed by atoms with E-state index in [0.717, 1.165) is 16.0 Å². The Bertz CT molecular complexity index is 1500. The number of urea groups is 1. The molecule has 0 atom stereocenters. The van der Waals surface area contributed by atoms with Crippen molar-refractivity contribution >= 4 is 73.1 Å². The van der Waals surface area contributed by atoms with Crippen LogP contribution in [0.3, 0.4) is 0 Å². The summed E-state index contributed by atoms with van der Waals surface area (Å²) in [6.07, 6.45) is 1.28. The number of benzene rings is 3. The SMILES string of the molecule is Cc1cccc(NC(=O)COc2c(Br)cc(Br)cc2/C=C2/C(=O)NC(=O)N(c3ccc(O)cc3)C2=O)c1C. The van der Waals surface area contributed by atoms with Gasteiger partial charge in [-0.3, -0.25) is 19.7 Å². The minimum atomic E-state index is -0.919. The summed E-state index contributed by atoms with van der Waals surface area (Å²) < 4.78 is 6.89. The normalized spacial score (nSPS) is 14.5. The molecule has 9 nitrogen and oxygen atoms in total. The third-order valence-electron chi connectivity index (χ3n) is 5.77. The summed E-state index contributed by atoms with van der Waals surface area (Å²) in [5, 5.41) is 14.5. The minimum absolute atomic E-state index is 0.0483.